The lowest BCUT2D eigenvalue weighted by Gasteiger charge is -2.13. The van der Waals surface area contributed by atoms with Gasteiger partial charge in [-0.1, -0.05) is 6.07 Å². The van der Waals surface area contributed by atoms with E-state index in [0.29, 0.717) is 13.0 Å². The largest absolute Gasteiger partial charge is 0.378 e. The summed E-state index contributed by atoms with van der Waals surface area (Å²) in [6.07, 6.45) is 0.353. The molecule has 4 heteroatoms. The molecule has 0 aliphatic carbocycles. The van der Waals surface area contributed by atoms with Crippen LogP contribution in [0, 0.1) is 0 Å². The first-order valence-corrected chi connectivity index (χ1v) is 4.91. The minimum Gasteiger partial charge on any atom is -0.378 e. The molecule has 1 aromatic rings. The minimum absolute atomic E-state index is 0.0478. The third-order valence-electron chi connectivity index (χ3n) is 2.02. The average Bonchev–Trinajstić information content (AvgIpc) is 2.18. The van der Waals surface area contributed by atoms with E-state index >= 15 is 0 Å². The van der Waals surface area contributed by atoms with Crippen LogP contribution >= 0.6 is 0 Å². The molecule has 0 radical (unpaired) electrons. The monoisotopic (exact) mass is 207 g/mol. The van der Waals surface area contributed by atoms with Gasteiger partial charge < -0.3 is 16.0 Å². The number of anilines is 2. The lowest BCUT2D eigenvalue weighted by molar-refractivity contribution is -0.116. The number of nitrogens with zero attached hydrogens (tertiary/aromatic N) is 1. The van der Waals surface area contributed by atoms with Gasteiger partial charge in [-0.3, -0.25) is 4.79 Å². The predicted molar refractivity (Wildman–Crippen MR) is 63.1 cm³/mol. The normalized spacial score (nSPS) is 9.80. The molecule has 0 aromatic heterocycles. The zero-order valence-corrected chi connectivity index (χ0v) is 9.16. The highest BCUT2D eigenvalue weighted by atomic mass is 16.1. The minimum atomic E-state index is -0.0478. The molecule has 0 aliphatic heterocycles. The lowest BCUT2D eigenvalue weighted by Crippen LogP contribution is -2.16. The first kappa shape index (κ1) is 11.5. The van der Waals surface area contributed by atoms with E-state index in [9.17, 15) is 4.79 Å². The van der Waals surface area contributed by atoms with Crippen LogP contribution in [-0.2, 0) is 4.79 Å². The van der Waals surface area contributed by atoms with Gasteiger partial charge in [-0.05, 0) is 18.2 Å². The Balaban J connectivity index is 2.69. The van der Waals surface area contributed by atoms with Gasteiger partial charge in [0.1, 0.15) is 0 Å². The van der Waals surface area contributed by atoms with E-state index in [4.69, 9.17) is 5.73 Å². The number of hydrogen-bond donors (Lipinski definition) is 2. The second-order valence-electron chi connectivity index (χ2n) is 3.53. The van der Waals surface area contributed by atoms with Gasteiger partial charge in [-0.2, -0.15) is 0 Å². The fourth-order valence-electron chi connectivity index (χ4n) is 1.22. The van der Waals surface area contributed by atoms with Crippen LogP contribution in [-0.4, -0.2) is 26.5 Å². The van der Waals surface area contributed by atoms with Crippen LogP contribution in [0.4, 0.5) is 11.4 Å². The van der Waals surface area contributed by atoms with Crippen molar-refractivity contribution in [1.29, 1.82) is 0 Å². The standard InChI is InChI=1S/C11H17N3O/c1-14(2)10-5-3-4-9(8-10)13-11(15)6-7-12/h3-5,8H,6-7,12H2,1-2H3,(H,13,15). The van der Waals surface area contributed by atoms with E-state index in [-0.39, 0.29) is 5.91 Å². The highest BCUT2D eigenvalue weighted by Gasteiger charge is 2.01. The van der Waals surface area contributed by atoms with E-state index < -0.39 is 0 Å². The van der Waals surface area contributed by atoms with Crippen molar-refractivity contribution in [2.45, 2.75) is 6.42 Å². The summed E-state index contributed by atoms with van der Waals surface area (Å²) in [4.78, 5) is 13.3. The average molecular weight is 207 g/mol. The molecule has 0 atom stereocenters. The van der Waals surface area contributed by atoms with E-state index in [1.54, 1.807) is 0 Å². The maximum Gasteiger partial charge on any atom is 0.225 e. The van der Waals surface area contributed by atoms with E-state index in [0.717, 1.165) is 11.4 Å². The number of amides is 1. The lowest BCUT2D eigenvalue weighted by atomic mass is 10.2. The van der Waals surface area contributed by atoms with Crippen molar-refractivity contribution in [1.82, 2.24) is 0 Å². The number of hydrogen-bond acceptors (Lipinski definition) is 3. The summed E-state index contributed by atoms with van der Waals surface area (Å²) < 4.78 is 0. The summed E-state index contributed by atoms with van der Waals surface area (Å²) in [5.41, 5.74) is 7.15. The third-order valence-corrected chi connectivity index (χ3v) is 2.02. The van der Waals surface area contributed by atoms with Gasteiger partial charge >= 0.3 is 0 Å². The molecule has 3 N–H and O–H groups in total. The maximum atomic E-state index is 11.3. The Labute approximate surface area is 90.1 Å². The number of nitrogens with one attached hydrogen (secondary N) is 1. The highest BCUT2D eigenvalue weighted by molar-refractivity contribution is 5.91. The van der Waals surface area contributed by atoms with E-state index in [1.165, 1.54) is 0 Å². The number of carbonyl (C=O) groups excluding carboxylic acids is 1. The third kappa shape index (κ3) is 3.59. The van der Waals surface area contributed by atoms with Crippen molar-refractivity contribution >= 4 is 17.3 Å². The van der Waals surface area contributed by atoms with Crippen LogP contribution in [0.3, 0.4) is 0 Å². The molecule has 82 valence electrons. The molecular formula is C11H17N3O. The number of carbonyl (C=O) groups is 1. The van der Waals surface area contributed by atoms with Crippen LogP contribution in [0.5, 0.6) is 0 Å². The Hall–Kier alpha value is -1.55. The smallest absolute Gasteiger partial charge is 0.225 e. The SMILES string of the molecule is CN(C)c1cccc(NC(=O)CCN)c1. The predicted octanol–water partition coefficient (Wildman–Crippen LogP) is 1.04. The Kier molecular flexibility index (Phi) is 4.12. The van der Waals surface area contributed by atoms with Gasteiger partial charge in [-0.25, -0.2) is 0 Å². The van der Waals surface area contributed by atoms with Crippen molar-refractivity contribution in [2.24, 2.45) is 5.73 Å². The van der Waals surface area contributed by atoms with Gasteiger partial charge in [-0.15, -0.1) is 0 Å². The first-order chi connectivity index (χ1) is 7.13. The van der Waals surface area contributed by atoms with Crippen molar-refractivity contribution in [2.75, 3.05) is 30.9 Å². The van der Waals surface area contributed by atoms with Gasteiger partial charge in [0.2, 0.25) is 5.91 Å². The fourth-order valence-corrected chi connectivity index (χ4v) is 1.22. The molecule has 0 unspecified atom stereocenters. The first-order valence-electron chi connectivity index (χ1n) is 4.91. The van der Waals surface area contributed by atoms with Crippen molar-refractivity contribution in [3.8, 4) is 0 Å². The second-order valence-corrected chi connectivity index (χ2v) is 3.53. The quantitative estimate of drug-likeness (QED) is 0.775. The zero-order valence-electron chi connectivity index (χ0n) is 9.16. The Morgan fingerprint density at radius 1 is 1.47 bits per heavy atom. The molecule has 0 heterocycles. The van der Waals surface area contributed by atoms with Crippen LogP contribution in [0.15, 0.2) is 24.3 Å². The maximum absolute atomic E-state index is 11.3. The van der Waals surface area contributed by atoms with E-state index in [2.05, 4.69) is 5.32 Å². The zero-order chi connectivity index (χ0) is 11.3. The molecule has 1 aromatic carbocycles. The van der Waals surface area contributed by atoms with Crippen molar-refractivity contribution in [3.63, 3.8) is 0 Å². The topological polar surface area (TPSA) is 58.4 Å². The van der Waals surface area contributed by atoms with Crippen LogP contribution in [0.2, 0.25) is 0 Å². The molecular weight excluding hydrogens is 190 g/mol. The van der Waals surface area contributed by atoms with E-state index in [1.807, 2.05) is 43.3 Å². The second kappa shape index (κ2) is 5.36. The summed E-state index contributed by atoms with van der Waals surface area (Å²) in [5, 5.41) is 2.79. The fraction of sp³-hybridized carbons (Fsp3) is 0.364. The molecule has 1 rings (SSSR count). The number of nitrogens with two attached hydrogens (primary N) is 1. The summed E-state index contributed by atoms with van der Waals surface area (Å²) in [5.74, 6) is -0.0478. The Bertz CT molecular complexity index is 336. The summed E-state index contributed by atoms with van der Waals surface area (Å²) >= 11 is 0. The summed E-state index contributed by atoms with van der Waals surface area (Å²) in [7, 11) is 3.92. The summed E-state index contributed by atoms with van der Waals surface area (Å²) in [6, 6.07) is 7.68. The molecule has 4 nitrogen and oxygen atoms in total. The van der Waals surface area contributed by atoms with Crippen LogP contribution in [0.25, 0.3) is 0 Å². The Morgan fingerprint density at radius 3 is 2.80 bits per heavy atom. The van der Waals surface area contributed by atoms with Gasteiger partial charge in [0, 0.05) is 38.4 Å². The van der Waals surface area contributed by atoms with Crippen LogP contribution < -0.4 is 16.0 Å². The van der Waals surface area contributed by atoms with Gasteiger partial charge in [0.25, 0.3) is 0 Å². The van der Waals surface area contributed by atoms with Crippen molar-refractivity contribution < 1.29 is 4.79 Å². The summed E-state index contributed by atoms with van der Waals surface area (Å²) in [6.45, 7) is 0.374. The van der Waals surface area contributed by atoms with Crippen molar-refractivity contribution in [3.05, 3.63) is 24.3 Å². The van der Waals surface area contributed by atoms with Crippen LogP contribution in [0.1, 0.15) is 6.42 Å². The molecule has 0 bridgehead atoms. The Morgan fingerprint density at radius 2 is 2.20 bits per heavy atom. The number of benzene rings is 1. The molecule has 15 heavy (non-hydrogen) atoms. The van der Waals surface area contributed by atoms with Gasteiger partial charge in [0.05, 0.1) is 0 Å². The molecule has 1 amide bonds. The molecule has 0 saturated carbocycles. The molecule has 0 spiro atoms. The molecule has 0 fully saturated rings. The highest BCUT2D eigenvalue weighted by Crippen LogP contribution is 2.17. The van der Waals surface area contributed by atoms with Gasteiger partial charge in [0.15, 0.2) is 0 Å². The number of rotatable bonds is 4. The molecule has 0 saturated heterocycles. The molecule has 0 aliphatic rings.